The van der Waals surface area contributed by atoms with E-state index in [1.807, 2.05) is 11.3 Å². The molecule has 2 heteroatoms. The minimum Gasteiger partial charge on any atom is -0.200 e. The Kier molecular flexibility index (Phi) is 5.37. The van der Waals surface area contributed by atoms with Gasteiger partial charge in [0.05, 0.1) is 5.56 Å². The number of nitrogens with zero attached hydrogens (tertiary/aromatic N) is 1. The standard InChI is InChI=1S/C32H36NS/c1-20-22-11-9-10-12-23(22)27(32(5,6)7)18-26(20)29-30-25(15-16-33(29)8)24-14-13-21(17-28(24)34-30)19-31(2,3)4/h9-18H,19H2,1-8H3/q+1. The summed E-state index contributed by atoms with van der Waals surface area (Å²) >= 11 is 1.94. The fourth-order valence-electron chi connectivity index (χ4n) is 5.34. The number of pyridine rings is 1. The molecule has 0 saturated carbocycles. The van der Waals surface area contributed by atoms with Crippen LogP contribution >= 0.6 is 11.3 Å². The van der Waals surface area contributed by atoms with Crippen LogP contribution in [0.2, 0.25) is 0 Å². The Morgan fingerprint density at radius 2 is 1.50 bits per heavy atom. The molecule has 0 fully saturated rings. The summed E-state index contributed by atoms with van der Waals surface area (Å²) in [5.74, 6) is 0. The van der Waals surface area contributed by atoms with Gasteiger partial charge in [0.25, 0.3) is 0 Å². The zero-order chi connectivity index (χ0) is 24.4. The maximum atomic E-state index is 2.46. The molecule has 1 nitrogen and oxygen atoms in total. The van der Waals surface area contributed by atoms with E-state index >= 15 is 0 Å². The molecule has 0 unspecified atom stereocenters. The van der Waals surface area contributed by atoms with E-state index in [1.165, 1.54) is 58.9 Å². The smallest absolute Gasteiger partial charge is 0.200 e. The topological polar surface area (TPSA) is 3.88 Å². The highest BCUT2D eigenvalue weighted by atomic mass is 32.1. The van der Waals surface area contributed by atoms with E-state index in [4.69, 9.17) is 0 Å². The van der Waals surface area contributed by atoms with Crippen LogP contribution in [0.15, 0.2) is 60.8 Å². The van der Waals surface area contributed by atoms with Crippen LogP contribution in [0, 0.1) is 12.3 Å². The number of aryl methyl sites for hydroxylation is 2. The molecule has 0 aliphatic heterocycles. The van der Waals surface area contributed by atoms with Gasteiger partial charge in [-0.15, -0.1) is 11.3 Å². The normalized spacial score (nSPS) is 12.8. The van der Waals surface area contributed by atoms with Crippen LogP contribution in [-0.4, -0.2) is 0 Å². The van der Waals surface area contributed by atoms with Gasteiger partial charge in [0.2, 0.25) is 5.69 Å². The Morgan fingerprint density at radius 1 is 0.794 bits per heavy atom. The van der Waals surface area contributed by atoms with Gasteiger partial charge < -0.3 is 0 Å². The maximum absolute atomic E-state index is 2.46. The lowest BCUT2D eigenvalue weighted by atomic mass is 9.80. The van der Waals surface area contributed by atoms with E-state index in [9.17, 15) is 0 Å². The number of rotatable bonds is 2. The van der Waals surface area contributed by atoms with Crippen molar-refractivity contribution in [2.45, 2.75) is 60.3 Å². The van der Waals surface area contributed by atoms with Gasteiger partial charge in [-0.05, 0) is 63.8 Å². The number of aromatic nitrogens is 1. The Morgan fingerprint density at radius 3 is 2.18 bits per heavy atom. The van der Waals surface area contributed by atoms with Gasteiger partial charge in [-0.3, -0.25) is 0 Å². The minimum atomic E-state index is 0.0660. The van der Waals surface area contributed by atoms with Gasteiger partial charge >= 0.3 is 0 Å². The van der Waals surface area contributed by atoms with Gasteiger partial charge in [0.1, 0.15) is 11.7 Å². The highest BCUT2D eigenvalue weighted by molar-refractivity contribution is 7.26. The third-order valence-electron chi connectivity index (χ3n) is 6.94. The third kappa shape index (κ3) is 3.92. The number of thiophene rings is 1. The fraction of sp³-hybridized carbons (Fsp3) is 0.344. The van der Waals surface area contributed by atoms with Crippen LogP contribution in [0.1, 0.15) is 58.2 Å². The molecule has 0 radical (unpaired) electrons. The number of fused-ring (bicyclic) bond motifs is 4. The molecule has 0 N–H and O–H groups in total. The quantitative estimate of drug-likeness (QED) is 0.229. The van der Waals surface area contributed by atoms with Gasteiger partial charge in [-0.25, -0.2) is 0 Å². The van der Waals surface area contributed by atoms with Crippen molar-refractivity contribution in [1.82, 2.24) is 0 Å². The molecule has 5 aromatic rings. The van der Waals surface area contributed by atoms with Crippen molar-refractivity contribution in [3.8, 4) is 11.3 Å². The third-order valence-corrected chi connectivity index (χ3v) is 8.11. The average Bonchev–Trinajstić information content (AvgIpc) is 3.10. The molecule has 34 heavy (non-hydrogen) atoms. The van der Waals surface area contributed by atoms with E-state index in [0.717, 1.165) is 6.42 Å². The number of hydrogen-bond donors (Lipinski definition) is 0. The van der Waals surface area contributed by atoms with E-state index in [1.54, 1.807) is 0 Å². The van der Waals surface area contributed by atoms with Crippen LogP contribution in [0.4, 0.5) is 0 Å². The minimum absolute atomic E-state index is 0.0660. The Hall–Kier alpha value is -2.71. The monoisotopic (exact) mass is 466 g/mol. The van der Waals surface area contributed by atoms with Crippen molar-refractivity contribution in [3.05, 3.63) is 77.5 Å². The number of benzene rings is 3. The molecule has 3 aromatic carbocycles. The van der Waals surface area contributed by atoms with E-state index in [2.05, 4.69) is 121 Å². The lowest BCUT2D eigenvalue weighted by molar-refractivity contribution is -0.659. The van der Waals surface area contributed by atoms with Crippen molar-refractivity contribution < 1.29 is 4.57 Å². The number of hydrogen-bond acceptors (Lipinski definition) is 1. The van der Waals surface area contributed by atoms with Crippen molar-refractivity contribution in [2.24, 2.45) is 12.5 Å². The van der Waals surface area contributed by atoms with Gasteiger partial charge in [-0.1, -0.05) is 77.9 Å². The molecule has 0 saturated heterocycles. The predicted octanol–water partition coefficient (Wildman–Crippen LogP) is 8.89. The first-order chi connectivity index (χ1) is 15.9. The molecule has 0 aliphatic carbocycles. The molecule has 2 aromatic heterocycles. The largest absolute Gasteiger partial charge is 0.230 e. The molecule has 0 bridgehead atoms. The fourth-order valence-corrected chi connectivity index (χ4v) is 6.70. The summed E-state index contributed by atoms with van der Waals surface area (Å²) in [4.78, 5) is 0. The molecule has 0 atom stereocenters. The highest BCUT2D eigenvalue weighted by Crippen LogP contribution is 2.43. The van der Waals surface area contributed by atoms with Crippen LogP contribution in [-0.2, 0) is 18.9 Å². The van der Waals surface area contributed by atoms with Crippen molar-refractivity contribution in [1.29, 1.82) is 0 Å². The summed E-state index contributed by atoms with van der Waals surface area (Å²) in [6.07, 6.45) is 3.33. The molecule has 0 spiro atoms. The summed E-state index contributed by atoms with van der Waals surface area (Å²) in [5.41, 5.74) is 7.22. The summed E-state index contributed by atoms with van der Waals surface area (Å²) in [5, 5.41) is 5.46. The van der Waals surface area contributed by atoms with Gasteiger partial charge in [0, 0.05) is 21.5 Å². The zero-order valence-corrected chi connectivity index (χ0v) is 22.7. The van der Waals surface area contributed by atoms with Gasteiger partial charge in [0.15, 0.2) is 6.20 Å². The lowest BCUT2D eigenvalue weighted by Crippen LogP contribution is -2.30. The van der Waals surface area contributed by atoms with Crippen LogP contribution < -0.4 is 4.57 Å². The summed E-state index contributed by atoms with van der Waals surface area (Å²) in [6.45, 7) is 16.2. The van der Waals surface area contributed by atoms with Gasteiger partial charge in [-0.2, -0.15) is 4.57 Å². The van der Waals surface area contributed by atoms with E-state index in [0.29, 0.717) is 0 Å². The maximum Gasteiger partial charge on any atom is 0.230 e. The van der Waals surface area contributed by atoms with E-state index in [-0.39, 0.29) is 10.8 Å². The first kappa shape index (κ1) is 23.1. The Labute approximate surface area is 208 Å². The van der Waals surface area contributed by atoms with Crippen molar-refractivity contribution in [3.63, 3.8) is 0 Å². The molecule has 2 heterocycles. The van der Waals surface area contributed by atoms with Crippen LogP contribution in [0.5, 0.6) is 0 Å². The molecular formula is C32H36NS+. The molecular weight excluding hydrogens is 430 g/mol. The van der Waals surface area contributed by atoms with Crippen molar-refractivity contribution >= 4 is 42.3 Å². The SMILES string of the molecule is Cc1c(-c2c3sc4cc(CC(C)(C)C)ccc4c3cc[n+]2C)cc(C(C)(C)C)c2ccccc12. The summed E-state index contributed by atoms with van der Waals surface area (Å²) in [6, 6.07) is 20.7. The van der Waals surface area contributed by atoms with Crippen molar-refractivity contribution in [2.75, 3.05) is 0 Å². The molecule has 0 aliphatic rings. The highest BCUT2D eigenvalue weighted by Gasteiger charge is 2.26. The summed E-state index contributed by atoms with van der Waals surface area (Å²) in [7, 11) is 2.19. The second-order valence-electron chi connectivity index (χ2n) is 12.1. The first-order valence-corrected chi connectivity index (χ1v) is 13.1. The Bertz CT molecular complexity index is 1550. The zero-order valence-electron chi connectivity index (χ0n) is 21.8. The molecule has 5 rings (SSSR count). The second-order valence-corrected chi connectivity index (χ2v) is 13.1. The summed E-state index contributed by atoms with van der Waals surface area (Å²) < 4.78 is 5.09. The lowest BCUT2D eigenvalue weighted by Gasteiger charge is -2.24. The predicted molar refractivity (Wildman–Crippen MR) is 150 cm³/mol. The van der Waals surface area contributed by atoms with E-state index < -0.39 is 0 Å². The molecule has 0 amide bonds. The first-order valence-electron chi connectivity index (χ1n) is 12.3. The second kappa shape index (κ2) is 7.92. The van der Waals surface area contributed by atoms with Crippen LogP contribution in [0.3, 0.4) is 0 Å². The average molecular weight is 467 g/mol. The molecule has 174 valence electrons. The van der Waals surface area contributed by atoms with Crippen LogP contribution in [0.25, 0.3) is 42.2 Å². The Balaban J connectivity index is 1.83.